The van der Waals surface area contributed by atoms with Gasteiger partial charge in [-0.3, -0.25) is 10.1 Å². The van der Waals surface area contributed by atoms with Gasteiger partial charge in [0, 0.05) is 12.1 Å². The molecule has 9 heteroatoms. The first-order chi connectivity index (χ1) is 13.2. The van der Waals surface area contributed by atoms with Gasteiger partial charge in [0.15, 0.2) is 6.61 Å². The number of amides is 3. The van der Waals surface area contributed by atoms with E-state index in [1.165, 1.54) is 18.2 Å². The number of ether oxygens (including phenoxy) is 1. The Morgan fingerprint density at radius 1 is 1.07 bits per heavy atom. The minimum atomic E-state index is -4.43. The lowest BCUT2D eigenvalue weighted by molar-refractivity contribution is -0.143. The number of carbonyl (C=O) groups excluding carboxylic acids is 3. The number of halogens is 3. The molecule has 28 heavy (non-hydrogen) atoms. The number of imide groups is 1. The second-order valence-electron chi connectivity index (χ2n) is 6.42. The molecule has 0 spiro atoms. The predicted molar refractivity (Wildman–Crippen MR) is 95.0 cm³/mol. The Balaban J connectivity index is 1.71. The summed E-state index contributed by atoms with van der Waals surface area (Å²) in [6, 6.07) is 3.60. The molecule has 2 rings (SSSR count). The van der Waals surface area contributed by atoms with Crippen molar-refractivity contribution < 1.29 is 32.3 Å². The topological polar surface area (TPSA) is 84.5 Å². The number of esters is 1. The molecule has 0 atom stereocenters. The van der Waals surface area contributed by atoms with Gasteiger partial charge in [-0.1, -0.05) is 31.4 Å². The molecule has 0 unspecified atom stereocenters. The van der Waals surface area contributed by atoms with Crippen LogP contribution in [-0.2, 0) is 20.5 Å². The zero-order chi connectivity index (χ0) is 20.6. The van der Waals surface area contributed by atoms with Crippen molar-refractivity contribution >= 4 is 24.0 Å². The molecular formula is C19H21F3N2O4. The van der Waals surface area contributed by atoms with Crippen molar-refractivity contribution in [3.63, 3.8) is 0 Å². The van der Waals surface area contributed by atoms with Gasteiger partial charge < -0.3 is 10.1 Å². The molecule has 0 bridgehead atoms. The fourth-order valence-corrected chi connectivity index (χ4v) is 2.76. The molecule has 1 fully saturated rings. The van der Waals surface area contributed by atoms with Gasteiger partial charge in [0.25, 0.3) is 5.91 Å². The molecule has 0 aliphatic heterocycles. The van der Waals surface area contributed by atoms with E-state index in [9.17, 15) is 27.6 Å². The summed E-state index contributed by atoms with van der Waals surface area (Å²) in [7, 11) is 0. The Bertz CT molecular complexity index is 724. The zero-order valence-electron chi connectivity index (χ0n) is 15.1. The molecule has 152 valence electrons. The largest absolute Gasteiger partial charge is 0.452 e. The number of benzene rings is 1. The van der Waals surface area contributed by atoms with Crippen LogP contribution in [0.1, 0.15) is 43.2 Å². The van der Waals surface area contributed by atoms with E-state index in [2.05, 4.69) is 10.6 Å². The van der Waals surface area contributed by atoms with E-state index in [0.29, 0.717) is 5.56 Å². The maximum absolute atomic E-state index is 12.5. The Kier molecular flexibility index (Phi) is 7.60. The molecule has 0 saturated heterocycles. The average Bonchev–Trinajstić information content (AvgIpc) is 2.65. The van der Waals surface area contributed by atoms with Gasteiger partial charge in [-0.2, -0.15) is 13.2 Å². The van der Waals surface area contributed by atoms with Gasteiger partial charge in [-0.15, -0.1) is 0 Å². The summed E-state index contributed by atoms with van der Waals surface area (Å²) in [4.78, 5) is 34.9. The number of rotatable bonds is 5. The van der Waals surface area contributed by atoms with Crippen molar-refractivity contribution in [1.29, 1.82) is 0 Å². The van der Waals surface area contributed by atoms with Crippen molar-refractivity contribution in [3.05, 3.63) is 41.5 Å². The van der Waals surface area contributed by atoms with Gasteiger partial charge in [-0.05, 0) is 36.6 Å². The Morgan fingerprint density at radius 3 is 2.32 bits per heavy atom. The van der Waals surface area contributed by atoms with Crippen LogP contribution in [0.5, 0.6) is 0 Å². The monoisotopic (exact) mass is 398 g/mol. The Hall–Kier alpha value is -2.84. The molecular weight excluding hydrogens is 377 g/mol. The van der Waals surface area contributed by atoms with Crippen LogP contribution in [0.2, 0.25) is 0 Å². The normalized spacial score (nSPS) is 15.2. The van der Waals surface area contributed by atoms with Crippen LogP contribution in [-0.4, -0.2) is 30.6 Å². The molecule has 6 nitrogen and oxygen atoms in total. The van der Waals surface area contributed by atoms with Crippen molar-refractivity contribution in [3.8, 4) is 0 Å². The number of carbonyl (C=O) groups is 3. The molecule has 1 aliphatic carbocycles. The summed E-state index contributed by atoms with van der Waals surface area (Å²) in [6.07, 6.45) is 2.74. The fourth-order valence-electron chi connectivity index (χ4n) is 2.76. The highest BCUT2D eigenvalue weighted by Gasteiger charge is 2.29. The van der Waals surface area contributed by atoms with Crippen molar-refractivity contribution in [2.75, 3.05) is 6.61 Å². The van der Waals surface area contributed by atoms with Gasteiger partial charge in [0.2, 0.25) is 0 Å². The lowest BCUT2D eigenvalue weighted by Crippen LogP contribution is -2.46. The van der Waals surface area contributed by atoms with Crippen LogP contribution in [0.25, 0.3) is 6.08 Å². The number of hydrogen-bond acceptors (Lipinski definition) is 4. The minimum absolute atomic E-state index is 0.0377. The van der Waals surface area contributed by atoms with E-state index in [-0.39, 0.29) is 6.04 Å². The molecule has 0 aromatic heterocycles. The number of alkyl halides is 3. The Labute approximate surface area is 160 Å². The smallest absolute Gasteiger partial charge is 0.416 e. The quantitative estimate of drug-likeness (QED) is 0.588. The predicted octanol–water partition coefficient (Wildman–Crippen LogP) is 3.42. The first-order valence-electron chi connectivity index (χ1n) is 8.86. The SMILES string of the molecule is O=C(COC(=O)C=Cc1ccc(C(F)(F)F)cc1)NC(=O)NC1CCCCC1. The highest BCUT2D eigenvalue weighted by molar-refractivity contribution is 5.96. The molecule has 1 aliphatic rings. The minimum Gasteiger partial charge on any atom is -0.452 e. The first kappa shape index (κ1) is 21.5. The van der Waals surface area contributed by atoms with E-state index in [1.807, 2.05) is 0 Å². The summed E-state index contributed by atoms with van der Waals surface area (Å²) in [6.45, 7) is -0.645. The van der Waals surface area contributed by atoms with Gasteiger partial charge in [0.05, 0.1) is 5.56 Å². The molecule has 1 aromatic rings. The maximum Gasteiger partial charge on any atom is 0.416 e. The molecule has 1 saturated carbocycles. The molecule has 0 heterocycles. The van der Waals surface area contributed by atoms with Gasteiger partial charge in [0.1, 0.15) is 0 Å². The van der Waals surface area contributed by atoms with Crippen LogP contribution >= 0.6 is 0 Å². The second kappa shape index (κ2) is 9.91. The zero-order valence-corrected chi connectivity index (χ0v) is 15.1. The number of nitrogens with one attached hydrogen (secondary N) is 2. The fraction of sp³-hybridized carbons (Fsp3) is 0.421. The van der Waals surface area contributed by atoms with Crippen LogP contribution in [0.15, 0.2) is 30.3 Å². The van der Waals surface area contributed by atoms with Crippen molar-refractivity contribution in [2.24, 2.45) is 0 Å². The third-order valence-electron chi connectivity index (χ3n) is 4.19. The lowest BCUT2D eigenvalue weighted by atomic mass is 9.96. The maximum atomic E-state index is 12.5. The van der Waals surface area contributed by atoms with Crippen LogP contribution < -0.4 is 10.6 Å². The Morgan fingerprint density at radius 2 is 1.71 bits per heavy atom. The molecule has 0 radical (unpaired) electrons. The number of hydrogen-bond donors (Lipinski definition) is 2. The van der Waals surface area contributed by atoms with Gasteiger partial charge >= 0.3 is 18.2 Å². The average molecular weight is 398 g/mol. The number of urea groups is 1. The molecule has 3 amide bonds. The summed E-state index contributed by atoms with van der Waals surface area (Å²) >= 11 is 0. The second-order valence-corrected chi connectivity index (χ2v) is 6.42. The van der Waals surface area contributed by atoms with Crippen LogP contribution in [0.4, 0.5) is 18.0 Å². The summed E-state index contributed by atoms with van der Waals surface area (Å²) in [5, 5.41) is 4.77. The van der Waals surface area contributed by atoms with Crippen LogP contribution in [0, 0.1) is 0 Å². The van der Waals surface area contributed by atoms with E-state index in [1.54, 1.807) is 0 Å². The van der Waals surface area contributed by atoms with E-state index < -0.39 is 36.3 Å². The first-order valence-corrected chi connectivity index (χ1v) is 8.86. The summed E-state index contributed by atoms with van der Waals surface area (Å²) in [5.41, 5.74) is -0.434. The van der Waals surface area contributed by atoms with Crippen LogP contribution in [0.3, 0.4) is 0 Å². The van der Waals surface area contributed by atoms with E-state index in [0.717, 1.165) is 50.3 Å². The standard InChI is InChI=1S/C19H21F3N2O4/c20-19(21,22)14-9-6-13(7-10-14)8-11-17(26)28-12-16(25)24-18(27)23-15-4-2-1-3-5-15/h6-11,15H,1-5,12H2,(H2,23,24,25,27). The third-order valence-corrected chi connectivity index (χ3v) is 4.19. The molecule has 1 aromatic carbocycles. The molecule has 2 N–H and O–H groups in total. The lowest BCUT2D eigenvalue weighted by Gasteiger charge is -2.22. The summed E-state index contributed by atoms with van der Waals surface area (Å²) < 4.78 is 42.1. The highest BCUT2D eigenvalue weighted by Crippen LogP contribution is 2.29. The van der Waals surface area contributed by atoms with Crippen molar-refractivity contribution in [2.45, 2.75) is 44.3 Å². The summed E-state index contributed by atoms with van der Waals surface area (Å²) in [5.74, 6) is -1.63. The highest BCUT2D eigenvalue weighted by atomic mass is 19.4. The third kappa shape index (κ3) is 7.42. The van der Waals surface area contributed by atoms with Crippen molar-refractivity contribution in [1.82, 2.24) is 10.6 Å². The van der Waals surface area contributed by atoms with E-state index >= 15 is 0 Å². The van der Waals surface area contributed by atoms with E-state index in [4.69, 9.17) is 4.74 Å². The van der Waals surface area contributed by atoms with Gasteiger partial charge in [-0.25, -0.2) is 9.59 Å².